The molecule has 2 aromatic rings. The van der Waals surface area contributed by atoms with E-state index in [0.29, 0.717) is 11.4 Å². The van der Waals surface area contributed by atoms with Gasteiger partial charge in [0.15, 0.2) is 0 Å². The molecule has 2 rings (SSSR count). The molecule has 0 aliphatic heterocycles. The molecule has 0 saturated heterocycles. The Hall–Kier alpha value is -2.00. The molecule has 4 heteroatoms. The Labute approximate surface area is 129 Å². The van der Waals surface area contributed by atoms with Crippen LogP contribution in [0.3, 0.4) is 0 Å². The first-order valence-corrected chi connectivity index (χ1v) is 7.09. The van der Waals surface area contributed by atoms with Gasteiger partial charge in [0.25, 0.3) is 0 Å². The largest absolute Gasteiger partial charge is 0.481 e. The molecule has 0 radical (unpaired) electrons. The molecule has 0 aliphatic carbocycles. The molecule has 0 fully saturated rings. The van der Waals surface area contributed by atoms with Crippen LogP contribution in [0, 0.1) is 0 Å². The number of benzene rings is 2. The Balaban J connectivity index is 2.31. The summed E-state index contributed by atoms with van der Waals surface area (Å²) in [6.07, 6.45) is 0.423. The summed E-state index contributed by atoms with van der Waals surface area (Å²) in [5, 5.41) is 10.2. The van der Waals surface area contributed by atoms with Gasteiger partial charge in [-0.05, 0) is 41.8 Å². The lowest BCUT2D eigenvalue weighted by atomic mass is 9.91. The average Bonchev–Trinajstić information content (AvgIpc) is 2.44. The SMILES string of the molecule is CN(C)c1cccc(C(Cc2cccc(Cl)c2)C(=O)O)c1. The van der Waals surface area contributed by atoms with Crippen LogP contribution in [0.15, 0.2) is 48.5 Å². The van der Waals surface area contributed by atoms with Gasteiger partial charge in [-0.15, -0.1) is 0 Å². The van der Waals surface area contributed by atoms with E-state index < -0.39 is 11.9 Å². The molecule has 0 aliphatic rings. The van der Waals surface area contributed by atoms with Crippen molar-refractivity contribution in [2.45, 2.75) is 12.3 Å². The highest BCUT2D eigenvalue weighted by molar-refractivity contribution is 6.30. The second-order valence-electron chi connectivity index (χ2n) is 5.21. The van der Waals surface area contributed by atoms with Crippen LogP contribution in [0.2, 0.25) is 5.02 Å². The summed E-state index contributed by atoms with van der Waals surface area (Å²) in [5.74, 6) is -1.41. The predicted molar refractivity (Wildman–Crippen MR) is 86.3 cm³/mol. The van der Waals surface area contributed by atoms with Crippen molar-refractivity contribution in [2.24, 2.45) is 0 Å². The van der Waals surface area contributed by atoms with Crippen molar-refractivity contribution in [3.63, 3.8) is 0 Å². The second-order valence-corrected chi connectivity index (χ2v) is 5.65. The van der Waals surface area contributed by atoms with E-state index in [1.54, 1.807) is 6.07 Å². The van der Waals surface area contributed by atoms with Gasteiger partial charge in [-0.1, -0.05) is 35.9 Å². The Bertz CT molecular complexity index is 640. The predicted octanol–water partition coefficient (Wildman–Crippen LogP) is 3.82. The third kappa shape index (κ3) is 3.99. The molecule has 1 N–H and O–H groups in total. The summed E-state index contributed by atoms with van der Waals surface area (Å²) in [6, 6.07) is 15.0. The number of halogens is 1. The molecule has 0 amide bonds. The van der Waals surface area contributed by atoms with Crippen molar-refractivity contribution in [1.82, 2.24) is 0 Å². The Morgan fingerprint density at radius 3 is 2.52 bits per heavy atom. The average molecular weight is 304 g/mol. The van der Waals surface area contributed by atoms with E-state index in [0.717, 1.165) is 16.8 Å². The molecule has 1 unspecified atom stereocenters. The van der Waals surface area contributed by atoms with E-state index in [4.69, 9.17) is 11.6 Å². The van der Waals surface area contributed by atoms with Crippen LogP contribution in [0.5, 0.6) is 0 Å². The van der Waals surface area contributed by atoms with E-state index in [1.165, 1.54) is 0 Å². The van der Waals surface area contributed by atoms with Crippen LogP contribution in [0.4, 0.5) is 5.69 Å². The monoisotopic (exact) mass is 303 g/mol. The van der Waals surface area contributed by atoms with Gasteiger partial charge in [-0.25, -0.2) is 0 Å². The number of aliphatic carboxylic acids is 1. The van der Waals surface area contributed by atoms with Gasteiger partial charge in [0.1, 0.15) is 0 Å². The maximum atomic E-state index is 11.6. The molecule has 0 bridgehead atoms. The zero-order valence-electron chi connectivity index (χ0n) is 12.1. The van der Waals surface area contributed by atoms with Gasteiger partial charge in [-0.3, -0.25) is 4.79 Å². The molecule has 1 atom stereocenters. The fourth-order valence-electron chi connectivity index (χ4n) is 2.27. The molecule has 0 aromatic heterocycles. The quantitative estimate of drug-likeness (QED) is 0.913. The van der Waals surface area contributed by atoms with Crippen LogP contribution in [-0.4, -0.2) is 25.2 Å². The summed E-state index contributed by atoms with van der Waals surface area (Å²) in [5.41, 5.74) is 2.71. The summed E-state index contributed by atoms with van der Waals surface area (Å²) in [4.78, 5) is 13.6. The molecule has 110 valence electrons. The third-order valence-electron chi connectivity index (χ3n) is 3.42. The van der Waals surface area contributed by atoms with E-state index >= 15 is 0 Å². The number of nitrogens with zero attached hydrogens (tertiary/aromatic N) is 1. The van der Waals surface area contributed by atoms with E-state index in [1.807, 2.05) is 61.5 Å². The lowest BCUT2D eigenvalue weighted by Gasteiger charge is -2.17. The highest BCUT2D eigenvalue weighted by Gasteiger charge is 2.21. The first-order chi connectivity index (χ1) is 9.97. The van der Waals surface area contributed by atoms with E-state index in [-0.39, 0.29) is 0 Å². The standard InChI is InChI=1S/C17H18ClNO2/c1-19(2)15-8-4-6-13(11-15)16(17(20)21)10-12-5-3-7-14(18)9-12/h3-9,11,16H,10H2,1-2H3,(H,20,21). The zero-order chi connectivity index (χ0) is 15.4. The Kier molecular flexibility index (Phi) is 4.86. The van der Waals surface area contributed by atoms with Crippen molar-refractivity contribution < 1.29 is 9.90 Å². The topological polar surface area (TPSA) is 40.5 Å². The maximum absolute atomic E-state index is 11.6. The molecule has 0 heterocycles. The summed E-state index contributed by atoms with van der Waals surface area (Å²) in [7, 11) is 3.87. The smallest absolute Gasteiger partial charge is 0.311 e. The van der Waals surface area contributed by atoms with Crippen molar-refractivity contribution in [1.29, 1.82) is 0 Å². The van der Waals surface area contributed by atoms with E-state index in [2.05, 4.69) is 0 Å². The van der Waals surface area contributed by atoms with Gasteiger partial charge in [-0.2, -0.15) is 0 Å². The van der Waals surface area contributed by atoms with Crippen LogP contribution in [-0.2, 0) is 11.2 Å². The summed E-state index contributed by atoms with van der Waals surface area (Å²) >= 11 is 5.97. The number of carboxylic acids is 1. The van der Waals surface area contributed by atoms with Crippen LogP contribution < -0.4 is 4.90 Å². The van der Waals surface area contributed by atoms with Gasteiger partial charge in [0, 0.05) is 24.8 Å². The first-order valence-electron chi connectivity index (χ1n) is 6.72. The molecule has 21 heavy (non-hydrogen) atoms. The summed E-state index contributed by atoms with van der Waals surface area (Å²) in [6.45, 7) is 0. The minimum atomic E-state index is -0.828. The summed E-state index contributed by atoms with van der Waals surface area (Å²) < 4.78 is 0. The second kappa shape index (κ2) is 6.64. The minimum Gasteiger partial charge on any atom is -0.481 e. The van der Waals surface area contributed by atoms with Crippen molar-refractivity contribution in [3.05, 3.63) is 64.7 Å². The van der Waals surface area contributed by atoms with Crippen molar-refractivity contribution >= 4 is 23.3 Å². The fraction of sp³-hybridized carbons (Fsp3) is 0.235. The zero-order valence-corrected chi connectivity index (χ0v) is 12.8. The normalized spacial score (nSPS) is 12.0. The number of hydrogen-bond donors (Lipinski definition) is 1. The highest BCUT2D eigenvalue weighted by atomic mass is 35.5. The lowest BCUT2D eigenvalue weighted by Crippen LogP contribution is -2.16. The van der Waals surface area contributed by atoms with E-state index in [9.17, 15) is 9.90 Å². The Morgan fingerprint density at radius 1 is 1.19 bits per heavy atom. The molecule has 2 aromatic carbocycles. The molecular formula is C17H18ClNO2. The first kappa shape index (κ1) is 15.4. The van der Waals surface area contributed by atoms with Crippen molar-refractivity contribution in [2.75, 3.05) is 19.0 Å². The fourth-order valence-corrected chi connectivity index (χ4v) is 2.48. The highest BCUT2D eigenvalue weighted by Crippen LogP contribution is 2.25. The number of anilines is 1. The van der Waals surface area contributed by atoms with Crippen LogP contribution >= 0.6 is 11.6 Å². The number of carbonyl (C=O) groups is 1. The van der Waals surface area contributed by atoms with Gasteiger partial charge < -0.3 is 10.0 Å². The molecule has 3 nitrogen and oxygen atoms in total. The van der Waals surface area contributed by atoms with Crippen LogP contribution in [0.25, 0.3) is 0 Å². The minimum absolute atomic E-state index is 0.423. The maximum Gasteiger partial charge on any atom is 0.311 e. The number of hydrogen-bond acceptors (Lipinski definition) is 2. The number of carboxylic acid groups (broad SMARTS) is 1. The lowest BCUT2D eigenvalue weighted by molar-refractivity contribution is -0.138. The molecule has 0 saturated carbocycles. The third-order valence-corrected chi connectivity index (χ3v) is 3.65. The molecule has 0 spiro atoms. The Morgan fingerprint density at radius 2 is 1.90 bits per heavy atom. The number of rotatable bonds is 5. The van der Waals surface area contributed by atoms with Crippen LogP contribution in [0.1, 0.15) is 17.0 Å². The van der Waals surface area contributed by atoms with Gasteiger partial charge in [0.2, 0.25) is 0 Å². The van der Waals surface area contributed by atoms with Gasteiger partial charge in [0.05, 0.1) is 5.92 Å². The van der Waals surface area contributed by atoms with Crippen molar-refractivity contribution in [3.8, 4) is 0 Å². The van der Waals surface area contributed by atoms with Gasteiger partial charge >= 0.3 is 5.97 Å². The molecular weight excluding hydrogens is 286 g/mol.